The minimum absolute atomic E-state index is 0.00299. The van der Waals surface area contributed by atoms with Crippen LogP contribution in [0.4, 0.5) is 0 Å². The molecule has 0 aliphatic carbocycles. The fourth-order valence-electron chi connectivity index (χ4n) is 1.53. The van der Waals surface area contributed by atoms with E-state index < -0.39 is 10.8 Å². The van der Waals surface area contributed by atoms with Crippen molar-refractivity contribution in [3.8, 4) is 0 Å². The van der Waals surface area contributed by atoms with Crippen molar-refractivity contribution >= 4 is 10.8 Å². The van der Waals surface area contributed by atoms with E-state index in [0.29, 0.717) is 6.61 Å². The van der Waals surface area contributed by atoms with Gasteiger partial charge in [0.2, 0.25) is 0 Å². The van der Waals surface area contributed by atoms with Gasteiger partial charge in [-0.05, 0) is 26.2 Å². The summed E-state index contributed by atoms with van der Waals surface area (Å²) in [5, 5.41) is 0. The minimum Gasteiger partial charge on any atom is -0.502 e. The second-order valence-electron chi connectivity index (χ2n) is 3.39. The van der Waals surface area contributed by atoms with Crippen LogP contribution in [0.15, 0.2) is 12.8 Å². The van der Waals surface area contributed by atoms with Gasteiger partial charge in [0, 0.05) is 21.3 Å². The van der Waals surface area contributed by atoms with Crippen molar-refractivity contribution in [1.82, 2.24) is 0 Å². The van der Waals surface area contributed by atoms with Crippen molar-refractivity contribution in [2.75, 3.05) is 12.4 Å². The van der Waals surface area contributed by atoms with Gasteiger partial charge in [-0.25, -0.2) is 0 Å². The summed E-state index contributed by atoms with van der Waals surface area (Å²) in [6.07, 6.45) is 4.49. The van der Waals surface area contributed by atoms with Gasteiger partial charge in [0.25, 0.3) is 0 Å². The molecule has 0 bridgehead atoms. The molecule has 2 atom stereocenters. The van der Waals surface area contributed by atoms with Crippen molar-refractivity contribution in [3.63, 3.8) is 0 Å². The van der Waals surface area contributed by atoms with Gasteiger partial charge in [0.05, 0.1) is 12.9 Å². The Morgan fingerprint density at radius 2 is 2.50 bits per heavy atom. The quantitative estimate of drug-likeness (QED) is 0.497. The molecule has 3 heteroatoms. The third-order valence-corrected chi connectivity index (χ3v) is 4.62. The third-order valence-electron chi connectivity index (χ3n) is 2.45. The van der Waals surface area contributed by atoms with E-state index in [1.165, 1.54) is 6.26 Å². The molecular formula is C9H16O2S. The summed E-state index contributed by atoms with van der Waals surface area (Å²) in [5.74, 6) is 0.866. The van der Waals surface area contributed by atoms with Crippen LogP contribution < -0.4 is 0 Å². The Kier molecular flexibility index (Phi) is 3.32. The van der Waals surface area contributed by atoms with Crippen molar-refractivity contribution in [3.05, 3.63) is 12.8 Å². The molecule has 0 saturated carbocycles. The lowest BCUT2D eigenvalue weighted by molar-refractivity contribution is 0.231. The zero-order chi connectivity index (χ0) is 9.03. The van der Waals surface area contributed by atoms with Gasteiger partial charge in [-0.2, -0.15) is 0 Å². The summed E-state index contributed by atoms with van der Waals surface area (Å²) >= 11 is 0. The van der Waals surface area contributed by atoms with Crippen LogP contribution in [0.25, 0.3) is 0 Å². The number of ether oxygens (including phenoxy) is 1. The van der Waals surface area contributed by atoms with Gasteiger partial charge < -0.3 is 4.74 Å². The second kappa shape index (κ2) is 4.08. The SMILES string of the molecule is C=COCCC1(C)CCCS1=O. The van der Waals surface area contributed by atoms with Gasteiger partial charge in [-0.1, -0.05) is 6.58 Å². The van der Waals surface area contributed by atoms with Crippen molar-refractivity contribution in [2.45, 2.75) is 30.9 Å². The molecule has 1 aliphatic rings. The summed E-state index contributed by atoms with van der Waals surface area (Å²) in [6.45, 7) is 6.20. The van der Waals surface area contributed by atoms with E-state index in [1.54, 1.807) is 0 Å². The average molecular weight is 188 g/mol. The molecule has 0 aromatic carbocycles. The van der Waals surface area contributed by atoms with Crippen LogP contribution in [0, 0.1) is 0 Å². The molecule has 0 aromatic heterocycles. The first kappa shape index (κ1) is 9.78. The lowest BCUT2D eigenvalue weighted by Crippen LogP contribution is -2.27. The van der Waals surface area contributed by atoms with Gasteiger partial charge in [-0.15, -0.1) is 0 Å². The summed E-state index contributed by atoms with van der Waals surface area (Å²) < 4.78 is 16.6. The van der Waals surface area contributed by atoms with Crippen molar-refractivity contribution in [2.24, 2.45) is 0 Å². The molecule has 2 unspecified atom stereocenters. The topological polar surface area (TPSA) is 26.3 Å². The number of hydrogen-bond acceptors (Lipinski definition) is 2. The predicted molar refractivity (Wildman–Crippen MR) is 51.4 cm³/mol. The van der Waals surface area contributed by atoms with Crippen molar-refractivity contribution < 1.29 is 8.95 Å². The Balaban J connectivity index is 2.37. The van der Waals surface area contributed by atoms with E-state index >= 15 is 0 Å². The van der Waals surface area contributed by atoms with Crippen LogP contribution in [0.3, 0.4) is 0 Å². The first-order valence-corrected chi connectivity index (χ1v) is 5.62. The Morgan fingerprint density at radius 1 is 1.75 bits per heavy atom. The highest BCUT2D eigenvalue weighted by molar-refractivity contribution is 7.86. The van der Waals surface area contributed by atoms with E-state index in [-0.39, 0.29) is 4.75 Å². The first-order valence-electron chi connectivity index (χ1n) is 4.30. The predicted octanol–water partition coefficient (Wildman–Crippen LogP) is 1.84. The second-order valence-corrected chi connectivity index (χ2v) is 5.48. The molecule has 12 heavy (non-hydrogen) atoms. The molecule has 1 fully saturated rings. The first-order chi connectivity index (χ1) is 5.69. The summed E-state index contributed by atoms with van der Waals surface area (Å²) in [6, 6.07) is 0. The van der Waals surface area contributed by atoms with Crippen LogP contribution in [-0.4, -0.2) is 21.3 Å². The molecule has 1 saturated heterocycles. The molecule has 0 spiro atoms. The van der Waals surface area contributed by atoms with E-state index in [9.17, 15) is 4.21 Å². The van der Waals surface area contributed by atoms with Gasteiger partial charge in [0.15, 0.2) is 0 Å². The molecule has 0 aromatic rings. The monoisotopic (exact) mass is 188 g/mol. The lowest BCUT2D eigenvalue weighted by atomic mass is 10.0. The molecule has 0 N–H and O–H groups in total. The highest BCUT2D eigenvalue weighted by Crippen LogP contribution is 2.31. The van der Waals surface area contributed by atoms with Gasteiger partial charge in [0.1, 0.15) is 0 Å². The lowest BCUT2D eigenvalue weighted by Gasteiger charge is -2.21. The van der Waals surface area contributed by atoms with E-state index in [1.807, 2.05) is 0 Å². The maximum Gasteiger partial charge on any atom is 0.0887 e. The minimum atomic E-state index is -0.644. The summed E-state index contributed by atoms with van der Waals surface area (Å²) in [7, 11) is -0.644. The van der Waals surface area contributed by atoms with Crippen LogP contribution in [0.1, 0.15) is 26.2 Å². The number of rotatable bonds is 4. The summed E-state index contributed by atoms with van der Waals surface area (Å²) in [4.78, 5) is 0. The molecule has 1 heterocycles. The average Bonchev–Trinajstić information content (AvgIpc) is 2.34. The fraction of sp³-hybridized carbons (Fsp3) is 0.778. The maximum atomic E-state index is 11.5. The Bertz CT molecular complexity index is 191. The Hall–Kier alpha value is -0.310. The Morgan fingerprint density at radius 3 is 3.00 bits per heavy atom. The van der Waals surface area contributed by atoms with E-state index in [0.717, 1.165) is 25.0 Å². The van der Waals surface area contributed by atoms with Gasteiger partial charge >= 0.3 is 0 Å². The summed E-state index contributed by atoms with van der Waals surface area (Å²) in [5.41, 5.74) is 0. The molecule has 0 radical (unpaired) electrons. The highest BCUT2D eigenvalue weighted by Gasteiger charge is 2.35. The standard InChI is InChI=1S/C9H16O2S/c1-3-11-7-6-9(2)5-4-8-12(9)10/h3H,1,4-8H2,2H3. The van der Waals surface area contributed by atoms with Crippen LogP contribution in [0.2, 0.25) is 0 Å². The molecule has 1 aliphatic heterocycles. The van der Waals surface area contributed by atoms with Crippen molar-refractivity contribution in [1.29, 1.82) is 0 Å². The zero-order valence-corrected chi connectivity index (χ0v) is 8.36. The Labute approximate surface area is 76.5 Å². The third kappa shape index (κ3) is 2.09. The van der Waals surface area contributed by atoms with E-state index in [2.05, 4.69) is 13.5 Å². The number of hydrogen-bond donors (Lipinski definition) is 0. The molecular weight excluding hydrogens is 172 g/mol. The molecule has 2 nitrogen and oxygen atoms in total. The zero-order valence-electron chi connectivity index (χ0n) is 7.54. The smallest absolute Gasteiger partial charge is 0.0887 e. The van der Waals surface area contributed by atoms with Crippen LogP contribution >= 0.6 is 0 Å². The maximum absolute atomic E-state index is 11.5. The van der Waals surface area contributed by atoms with Crippen LogP contribution in [-0.2, 0) is 15.5 Å². The molecule has 70 valence electrons. The highest BCUT2D eigenvalue weighted by atomic mass is 32.2. The molecule has 0 amide bonds. The van der Waals surface area contributed by atoms with Crippen LogP contribution in [0.5, 0.6) is 0 Å². The fourth-order valence-corrected chi connectivity index (χ4v) is 3.12. The molecule has 1 rings (SSSR count). The van der Waals surface area contributed by atoms with E-state index in [4.69, 9.17) is 4.74 Å². The van der Waals surface area contributed by atoms with Gasteiger partial charge in [-0.3, -0.25) is 4.21 Å². The largest absolute Gasteiger partial charge is 0.502 e. The normalized spacial score (nSPS) is 34.9.